The van der Waals surface area contributed by atoms with Crippen LogP contribution in [0, 0.1) is 0 Å². The number of hydrogen-bond donors (Lipinski definition) is 0. The van der Waals surface area contributed by atoms with Gasteiger partial charge in [0.05, 0.1) is 20.2 Å². The van der Waals surface area contributed by atoms with Crippen molar-refractivity contribution in [3.63, 3.8) is 0 Å². The first-order chi connectivity index (χ1) is 9.99. The lowest BCUT2D eigenvalue weighted by Gasteiger charge is -2.15. The number of allylic oxidation sites excluding steroid dienone is 5. The molecule has 0 saturated carbocycles. The van der Waals surface area contributed by atoms with Crippen molar-refractivity contribution in [2.45, 2.75) is 20.2 Å². The molecule has 6 heteroatoms. The Labute approximate surface area is 127 Å². The van der Waals surface area contributed by atoms with E-state index < -0.39 is 0 Å². The zero-order chi connectivity index (χ0) is 16.1. The van der Waals surface area contributed by atoms with E-state index in [4.69, 9.17) is 4.65 Å². The summed E-state index contributed by atoms with van der Waals surface area (Å²) in [7, 11) is 2.96. The topological polar surface area (TPSA) is 55.8 Å². The first-order valence-corrected chi connectivity index (χ1v) is 6.94. The third-order valence-corrected chi connectivity index (χ3v) is 2.43. The van der Waals surface area contributed by atoms with Crippen LogP contribution < -0.4 is 0 Å². The van der Waals surface area contributed by atoms with Gasteiger partial charge in [-0.25, -0.2) is 0 Å². The van der Waals surface area contributed by atoms with Crippen molar-refractivity contribution in [2.75, 3.05) is 27.2 Å². The van der Waals surface area contributed by atoms with E-state index in [1.807, 2.05) is 30.4 Å². The maximum atomic E-state index is 11.6. The average molecular weight is 293 g/mol. The van der Waals surface area contributed by atoms with E-state index in [9.17, 15) is 9.59 Å². The summed E-state index contributed by atoms with van der Waals surface area (Å²) in [4.78, 5) is 24.2. The highest BCUT2D eigenvalue weighted by atomic mass is 16.5. The normalized spacial score (nSPS) is 11.7. The maximum Gasteiger partial charge on any atom is 0.384 e. The predicted molar refractivity (Wildman–Crippen MR) is 84.9 cm³/mol. The lowest BCUT2D eigenvalue weighted by Crippen LogP contribution is -2.34. The van der Waals surface area contributed by atoms with Crippen molar-refractivity contribution in [1.29, 1.82) is 0 Å². The van der Waals surface area contributed by atoms with Crippen LogP contribution in [0.1, 0.15) is 13.3 Å². The first-order valence-electron chi connectivity index (χ1n) is 6.94. The van der Waals surface area contributed by atoms with Crippen molar-refractivity contribution in [3.05, 3.63) is 36.4 Å². The standard InChI is InChI=1S/C15H24BNO4/c1-5-6-7-8-9-10-11-16(2)21-15(19)13-17(3)12-14(18)20-4/h6-11H,5,12-13H2,1-4H3/b7-6+,9-8+,11-10+. The van der Waals surface area contributed by atoms with Gasteiger partial charge >= 0.3 is 18.9 Å². The summed E-state index contributed by atoms with van der Waals surface area (Å²) in [5, 5.41) is 0. The molecule has 0 aromatic carbocycles. The summed E-state index contributed by atoms with van der Waals surface area (Å²) in [5.74, 6) is 1.02. The van der Waals surface area contributed by atoms with E-state index in [0.29, 0.717) is 0 Å². The van der Waals surface area contributed by atoms with Gasteiger partial charge in [0.25, 0.3) is 0 Å². The van der Waals surface area contributed by atoms with E-state index in [0.717, 1.165) is 6.42 Å². The van der Waals surface area contributed by atoms with Crippen molar-refractivity contribution in [2.24, 2.45) is 0 Å². The molecular weight excluding hydrogens is 269 g/mol. The maximum absolute atomic E-state index is 11.6. The van der Waals surface area contributed by atoms with Gasteiger partial charge in [0.1, 0.15) is 0 Å². The molecule has 0 spiro atoms. The molecule has 0 rings (SSSR count). The molecule has 0 unspecified atom stereocenters. The van der Waals surface area contributed by atoms with Crippen molar-refractivity contribution < 1.29 is 19.0 Å². The number of hydrogen-bond acceptors (Lipinski definition) is 5. The summed E-state index contributed by atoms with van der Waals surface area (Å²) in [6.07, 6.45) is 10.6. The van der Waals surface area contributed by atoms with Gasteiger partial charge in [-0.05, 0) is 20.3 Å². The second-order valence-electron chi connectivity index (χ2n) is 4.55. The zero-order valence-corrected chi connectivity index (χ0v) is 13.2. The molecule has 0 bridgehead atoms. The molecule has 0 N–H and O–H groups in total. The first kappa shape index (κ1) is 19.2. The summed E-state index contributed by atoms with van der Waals surface area (Å²) < 4.78 is 9.71. The fourth-order valence-electron chi connectivity index (χ4n) is 1.41. The number of esters is 1. The highest BCUT2D eigenvalue weighted by Gasteiger charge is 2.14. The van der Waals surface area contributed by atoms with Crippen LogP contribution >= 0.6 is 0 Å². The minimum Gasteiger partial charge on any atom is -0.531 e. The Kier molecular flexibility index (Phi) is 10.9. The molecule has 0 aromatic rings. The molecule has 0 fully saturated rings. The van der Waals surface area contributed by atoms with Gasteiger partial charge in [-0.3, -0.25) is 14.5 Å². The van der Waals surface area contributed by atoms with Crippen LogP contribution in [-0.4, -0.2) is 51.0 Å². The van der Waals surface area contributed by atoms with E-state index in [-0.39, 0.29) is 31.9 Å². The Morgan fingerprint density at radius 2 is 1.71 bits per heavy atom. The molecule has 0 amide bonds. The van der Waals surface area contributed by atoms with Crippen LogP contribution in [-0.2, 0) is 19.0 Å². The molecule has 116 valence electrons. The van der Waals surface area contributed by atoms with E-state index in [1.165, 1.54) is 7.11 Å². The third kappa shape index (κ3) is 11.7. The summed E-state index contributed by atoms with van der Waals surface area (Å²) in [5.41, 5.74) is 0. The van der Waals surface area contributed by atoms with Gasteiger partial charge in [-0.2, -0.15) is 0 Å². The molecule has 0 aliphatic carbocycles. The minimum atomic E-state index is -0.386. The smallest absolute Gasteiger partial charge is 0.384 e. The predicted octanol–water partition coefficient (Wildman–Crippen LogP) is 1.87. The summed E-state index contributed by atoms with van der Waals surface area (Å²) in [6, 6.07) is 0. The molecule has 0 radical (unpaired) electrons. The fraction of sp³-hybridized carbons (Fsp3) is 0.467. The van der Waals surface area contributed by atoms with Crippen molar-refractivity contribution >= 4 is 18.9 Å². The molecule has 0 heterocycles. The summed E-state index contributed by atoms with van der Waals surface area (Å²) in [6.45, 7) is 3.64. The van der Waals surface area contributed by atoms with E-state index in [2.05, 4.69) is 11.7 Å². The molecule has 21 heavy (non-hydrogen) atoms. The highest BCUT2D eigenvalue weighted by molar-refractivity contribution is 6.58. The molecule has 0 aliphatic rings. The molecule has 0 atom stereocenters. The minimum absolute atomic E-state index is 0.0440. The van der Waals surface area contributed by atoms with Gasteiger partial charge in [0.2, 0.25) is 0 Å². The van der Waals surface area contributed by atoms with Gasteiger partial charge < -0.3 is 9.39 Å². The lowest BCUT2D eigenvalue weighted by molar-refractivity contribution is -0.142. The van der Waals surface area contributed by atoms with Gasteiger partial charge in [0, 0.05) is 0 Å². The molecule has 0 aliphatic heterocycles. The number of carbonyl (C=O) groups is 2. The van der Waals surface area contributed by atoms with Crippen molar-refractivity contribution in [1.82, 2.24) is 4.90 Å². The number of likely N-dealkylation sites (N-methyl/N-ethyl adjacent to an activating group) is 1. The largest absolute Gasteiger partial charge is 0.531 e. The fourth-order valence-corrected chi connectivity index (χ4v) is 1.41. The summed E-state index contributed by atoms with van der Waals surface area (Å²) >= 11 is 0. The van der Waals surface area contributed by atoms with Crippen LogP contribution in [0.5, 0.6) is 0 Å². The van der Waals surface area contributed by atoms with E-state index >= 15 is 0 Å². The molecule has 5 nitrogen and oxygen atoms in total. The molecule has 0 saturated heterocycles. The highest BCUT2D eigenvalue weighted by Crippen LogP contribution is 1.94. The Bertz CT molecular complexity index is 404. The van der Waals surface area contributed by atoms with Gasteiger partial charge in [-0.15, -0.1) is 0 Å². The number of ether oxygens (including phenoxy) is 1. The Morgan fingerprint density at radius 3 is 2.33 bits per heavy atom. The third-order valence-electron chi connectivity index (χ3n) is 2.43. The Balaban J connectivity index is 4.03. The quantitative estimate of drug-likeness (QED) is 0.369. The Morgan fingerprint density at radius 1 is 1.10 bits per heavy atom. The monoisotopic (exact) mass is 293 g/mol. The van der Waals surface area contributed by atoms with Crippen LogP contribution in [0.3, 0.4) is 0 Å². The number of rotatable bonds is 9. The number of nitrogens with zero attached hydrogens (tertiary/aromatic N) is 1. The van der Waals surface area contributed by atoms with E-state index in [1.54, 1.807) is 24.7 Å². The number of methoxy groups -OCH3 is 1. The SMILES string of the molecule is CC/C=C/C=C/C=C/B(C)OC(=O)CN(C)CC(=O)OC. The van der Waals surface area contributed by atoms with Crippen LogP contribution in [0.4, 0.5) is 0 Å². The average Bonchev–Trinajstić information content (AvgIpc) is 2.41. The number of carbonyl (C=O) groups excluding carboxylic acids is 2. The van der Waals surface area contributed by atoms with Crippen LogP contribution in [0.25, 0.3) is 0 Å². The van der Waals surface area contributed by atoms with Gasteiger partial charge in [-0.1, -0.05) is 43.3 Å². The van der Waals surface area contributed by atoms with Gasteiger partial charge in [0.15, 0.2) is 0 Å². The Hall–Kier alpha value is -1.82. The lowest BCUT2D eigenvalue weighted by atomic mass is 9.71. The second-order valence-corrected chi connectivity index (χ2v) is 4.55. The second kappa shape index (κ2) is 12.0. The van der Waals surface area contributed by atoms with Crippen LogP contribution in [0.15, 0.2) is 36.4 Å². The van der Waals surface area contributed by atoms with Crippen molar-refractivity contribution in [3.8, 4) is 0 Å². The van der Waals surface area contributed by atoms with Crippen LogP contribution in [0.2, 0.25) is 6.82 Å². The molecule has 0 aromatic heterocycles. The zero-order valence-electron chi connectivity index (χ0n) is 13.2. The molecular formula is C15H24BNO4.